The van der Waals surface area contributed by atoms with Gasteiger partial charge in [0.05, 0.1) is 13.2 Å². The Morgan fingerprint density at radius 1 is 0.698 bits per heavy atom. The quantitative estimate of drug-likeness (QED) is 0.232. The number of alkyl halides is 6. The molecule has 43 heavy (non-hydrogen) atoms. The van der Waals surface area contributed by atoms with Crippen LogP contribution in [0.25, 0.3) is 0 Å². The Bertz CT molecular complexity index is 1060. The minimum absolute atomic E-state index is 0.0482. The summed E-state index contributed by atoms with van der Waals surface area (Å²) in [5.74, 6) is 1.27. The van der Waals surface area contributed by atoms with Crippen molar-refractivity contribution in [2.75, 3.05) is 52.5 Å². The van der Waals surface area contributed by atoms with E-state index in [1.807, 2.05) is 62.4 Å². The van der Waals surface area contributed by atoms with Crippen molar-refractivity contribution in [1.82, 2.24) is 9.80 Å². The number of hydrogen-bond acceptors (Lipinski definition) is 5. The van der Waals surface area contributed by atoms with E-state index in [-0.39, 0.29) is 11.8 Å². The van der Waals surface area contributed by atoms with Crippen molar-refractivity contribution in [2.24, 2.45) is 0 Å². The van der Waals surface area contributed by atoms with Gasteiger partial charge in [0.25, 0.3) is 0 Å². The largest absolute Gasteiger partial charge is 0.494 e. The summed E-state index contributed by atoms with van der Waals surface area (Å²) in [7, 11) is 0. The Balaban J connectivity index is 1.43. The van der Waals surface area contributed by atoms with Crippen LogP contribution < -0.4 is 9.47 Å². The molecule has 2 heterocycles. The molecule has 4 atom stereocenters. The van der Waals surface area contributed by atoms with Gasteiger partial charge in [-0.15, -0.1) is 0 Å². The summed E-state index contributed by atoms with van der Waals surface area (Å²) in [5.41, 5.74) is 1.89. The lowest BCUT2D eigenvalue weighted by molar-refractivity contribution is -0.290. The van der Waals surface area contributed by atoms with E-state index in [2.05, 4.69) is 0 Å². The molecule has 0 saturated carbocycles. The average Bonchev–Trinajstić information content (AvgIpc) is 2.96. The normalized spacial score (nSPS) is 22.2. The fraction of sp³-hybridized carbons (Fsp3) is 0.625. The van der Waals surface area contributed by atoms with Crippen LogP contribution in [0.15, 0.2) is 48.5 Å². The first kappa shape index (κ1) is 33.4. The highest BCUT2D eigenvalue weighted by atomic mass is 19.4. The van der Waals surface area contributed by atoms with E-state index in [4.69, 9.17) is 14.2 Å². The third-order valence-corrected chi connectivity index (χ3v) is 8.20. The van der Waals surface area contributed by atoms with E-state index in [1.165, 1.54) is 0 Å². The van der Waals surface area contributed by atoms with Crippen LogP contribution in [0.3, 0.4) is 0 Å². The topological polar surface area (TPSA) is 34.2 Å². The molecule has 4 rings (SSSR count). The summed E-state index contributed by atoms with van der Waals surface area (Å²) < 4.78 is 101. The van der Waals surface area contributed by atoms with E-state index < -0.39 is 37.7 Å². The SMILES string of the molecule is CCOc1cccc(C2CCCN(C[C@H](O[C@@H](CN3CCCC(c4cccc(OCC)c4)C3)C(F)(F)F)C(F)(F)F)C2)c1. The summed E-state index contributed by atoms with van der Waals surface area (Å²) in [6.07, 6.45) is -12.2. The molecule has 5 nitrogen and oxygen atoms in total. The number of ether oxygens (including phenoxy) is 3. The highest BCUT2D eigenvalue weighted by molar-refractivity contribution is 5.32. The van der Waals surface area contributed by atoms with Crippen LogP contribution in [-0.4, -0.2) is 86.8 Å². The van der Waals surface area contributed by atoms with Gasteiger partial charge in [-0.25, -0.2) is 0 Å². The first-order valence-electron chi connectivity index (χ1n) is 15.1. The number of likely N-dealkylation sites (tertiary alicyclic amines) is 2. The molecular weight excluding hydrogens is 574 g/mol. The average molecular weight is 617 g/mol. The van der Waals surface area contributed by atoms with Crippen LogP contribution in [0, 0.1) is 0 Å². The molecule has 0 radical (unpaired) electrons. The number of benzene rings is 2. The van der Waals surface area contributed by atoms with Crippen molar-refractivity contribution in [3.63, 3.8) is 0 Å². The minimum atomic E-state index is -4.95. The fourth-order valence-electron chi connectivity index (χ4n) is 6.15. The third kappa shape index (κ3) is 9.74. The Kier molecular flexibility index (Phi) is 11.6. The molecular formula is C32H42F6N2O3. The van der Waals surface area contributed by atoms with E-state index >= 15 is 0 Å². The molecule has 2 aromatic rings. The van der Waals surface area contributed by atoms with Crippen molar-refractivity contribution < 1.29 is 40.6 Å². The Labute approximate surface area is 250 Å². The van der Waals surface area contributed by atoms with Gasteiger partial charge in [-0.2, -0.15) is 26.3 Å². The summed E-state index contributed by atoms with van der Waals surface area (Å²) in [5, 5.41) is 0. The molecule has 2 unspecified atom stereocenters. The van der Waals surface area contributed by atoms with Gasteiger partial charge in [-0.3, -0.25) is 9.80 Å². The zero-order valence-corrected chi connectivity index (χ0v) is 24.8. The number of piperidine rings is 2. The van der Waals surface area contributed by atoms with E-state index in [1.54, 1.807) is 9.80 Å². The van der Waals surface area contributed by atoms with Gasteiger partial charge in [-0.05, 0) is 99.8 Å². The third-order valence-electron chi connectivity index (χ3n) is 8.20. The van der Waals surface area contributed by atoms with Crippen molar-refractivity contribution in [3.8, 4) is 11.5 Å². The van der Waals surface area contributed by atoms with Gasteiger partial charge >= 0.3 is 12.4 Å². The van der Waals surface area contributed by atoms with Crippen LogP contribution in [0.5, 0.6) is 11.5 Å². The number of halogens is 6. The van der Waals surface area contributed by atoms with Crippen molar-refractivity contribution in [1.29, 1.82) is 0 Å². The monoisotopic (exact) mass is 616 g/mol. The fourth-order valence-corrected chi connectivity index (χ4v) is 6.15. The number of nitrogens with zero attached hydrogens (tertiary/aromatic N) is 2. The molecule has 2 aliphatic heterocycles. The van der Waals surface area contributed by atoms with Crippen molar-refractivity contribution in [2.45, 2.75) is 75.9 Å². The second kappa shape index (κ2) is 15.0. The molecule has 11 heteroatoms. The van der Waals surface area contributed by atoms with Crippen LogP contribution in [0.4, 0.5) is 26.3 Å². The Morgan fingerprint density at radius 2 is 1.12 bits per heavy atom. The van der Waals surface area contributed by atoms with Gasteiger partial charge in [0.2, 0.25) is 0 Å². The highest BCUT2D eigenvalue weighted by Crippen LogP contribution is 2.35. The lowest BCUT2D eigenvalue weighted by Crippen LogP contribution is -2.52. The maximum Gasteiger partial charge on any atom is 0.415 e. The Hall–Kier alpha value is -2.50. The Morgan fingerprint density at radius 3 is 1.49 bits per heavy atom. The van der Waals surface area contributed by atoms with Gasteiger partial charge < -0.3 is 14.2 Å². The zero-order chi connectivity index (χ0) is 31.0. The smallest absolute Gasteiger partial charge is 0.415 e. The zero-order valence-electron chi connectivity index (χ0n) is 24.8. The predicted molar refractivity (Wildman–Crippen MR) is 153 cm³/mol. The minimum Gasteiger partial charge on any atom is -0.494 e. The summed E-state index contributed by atoms with van der Waals surface area (Å²) >= 11 is 0. The second-order valence-corrected chi connectivity index (χ2v) is 11.4. The molecule has 2 fully saturated rings. The van der Waals surface area contributed by atoms with Crippen LogP contribution in [0.2, 0.25) is 0 Å². The molecule has 0 bridgehead atoms. The molecule has 0 aromatic heterocycles. The summed E-state index contributed by atoms with van der Waals surface area (Å²) in [6, 6.07) is 14.9. The first-order chi connectivity index (χ1) is 20.5. The molecule has 0 N–H and O–H groups in total. The summed E-state index contributed by atoms with van der Waals surface area (Å²) in [4.78, 5) is 3.16. The number of rotatable bonds is 12. The van der Waals surface area contributed by atoms with Crippen LogP contribution >= 0.6 is 0 Å². The lowest BCUT2D eigenvalue weighted by atomic mass is 9.90. The van der Waals surface area contributed by atoms with E-state index in [0.29, 0.717) is 63.7 Å². The number of hydrogen-bond donors (Lipinski definition) is 0. The molecule has 2 aliphatic rings. The molecule has 0 amide bonds. The standard InChI is InChI=1S/C32H42F6N2O3/c1-3-41-27-13-5-9-23(17-27)25-11-7-15-39(19-25)21-29(31(33,34)35)43-30(32(36,37)38)22-40-16-8-12-26(20-40)24-10-6-14-28(18-24)42-4-2/h5-6,9-10,13-14,17-18,25-26,29-30H,3-4,7-8,11-12,15-16,19-22H2,1-2H3/t25?,26?,29-,30-/m0/s1. The molecule has 0 spiro atoms. The van der Waals surface area contributed by atoms with Gasteiger partial charge in [0, 0.05) is 26.2 Å². The van der Waals surface area contributed by atoms with Gasteiger partial charge in [0.15, 0.2) is 12.2 Å². The van der Waals surface area contributed by atoms with E-state index in [0.717, 1.165) is 24.0 Å². The van der Waals surface area contributed by atoms with E-state index in [9.17, 15) is 26.3 Å². The van der Waals surface area contributed by atoms with Crippen LogP contribution in [-0.2, 0) is 4.74 Å². The maximum absolute atomic E-state index is 14.2. The van der Waals surface area contributed by atoms with Crippen molar-refractivity contribution >= 4 is 0 Å². The van der Waals surface area contributed by atoms with Gasteiger partial charge in [-0.1, -0.05) is 24.3 Å². The lowest BCUT2D eigenvalue weighted by Gasteiger charge is -2.39. The maximum atomic E-state index is 14.2. The summed E-state index contributed by atoms with van der Waals surface area (Å²) in [6.45, 7) is 4.75. The molecule has 240 valence electrons. The molecule has 2 aromatic carbocycles. The first-order valence-corrected chi connectivity index (χ1v) is 15.1. The van der Waals surface area contributed by atoms with Crippen LogP contribution in [0.1, 0.15) is 62.5 Å². The van der Waals surface area contributed by atoms with Crippen molar-refractivity contribution in [3.05, 3.63) is 59.7 Å². The molecule has 2 saturated heterocycles. The predicted octanol–water partition coefficient (Wildman–Crippen LogP) is 7.42. The second-order valence-electron chi connectivity index (χ2n) is 11.4. The van der Waals surface area contributed by atoms with Gasteiger partial charge in [0.1, 0.15) is 11.5 Å². The molecule has 0 aliphatic carbocycles. The highest BCUT2D eigenvalue weighted by Gasteiger charge is 2.50.